The SMILES string of the molecule is Cc1cn([C@H]2C[C@H](N=[N+]=[N-])[C@@H](COP(=O)(OCCSC(=O)C(C)(C)C)Oc3ccc(C[C@H]([NH3+])C(=O)OC(C)(C)C)cc3)O2)c(=O)[nH]c1=O.[Cl-]. The molecule has 1 fully saturated rings. The first-order valence-electron chi connectivity index (χ1n) is 15.2. The van der Waals surface area contributed by atoms with E-state index in [4.69, 9.17) is 28.6 Å². The minimum absolute atomic E-state index is 0. The van der Waals surface area contributed by atoms with Gasteiger partial charge < -0.3 is 32.1 Å². The number of esters is 1. The van der Waals surface area contributed by atoms with Gasteiger partial charge in [-0.3, -0.25) is 28.2 Å². The zero-order valence-corrected chi connectivity index (χ0v) is 31.0. The highest BCUT2D eigenvalue weighted by atomic mass is 35.5. The molecule has 1 aliphatic rings. The van der Waals surface area contributed by atoms with Gasteiger partial charge in [0.2, 0.25) is 0 Å². The summed E-state index contributed by atoms with van der Waals surface area (Å²) in [5, 5.41) is 3.68. The van der Waals surface area contributed by atoms with Crippen LogP contribution in [0.3, 0.4) is 0 Å². The van der Waals surface area contributed by atoms with Crippen molar-refractivity contribution < 1.29 is 55.3 Å². The molecule has 49 heavy (non-hydrogen) atoms. The number of aromatic amines is 1. The molecule has 19 heteroatoms. The van der Waals surface area contributed by atoms with Crippen molar-refractivity contribution in [2.24, 2.45) is 10.5 Å². The number of halogens is 1. The summed E-state index contributed by atoms with van der Waals surface area (Å²) >= 11 is 1.02. The van der Waals surface area contributed by atoms with E-state index >= 15 is 0 Å². The molecule has 0 saturated carbocycles. The number of carbonyl (C=O) groups is 2. The minimum Gasteiger partial charge on any atom is -1.00 e. The Balaban J connectivity index is 0.00000833. The van der Waals surface area contributed by atoms with Crippen LogP contribution in [-0.4, -0.2) is 63.4 Å². The van der Waals surface area contributed by atoms with Gasteiger partial charge in [-0.05, 0) is 50.9 Å². The number of nitrogens with zero attached hydrogens (tertiary/aromatic N) is 4. The predicted molar refractivity (Wildman–Crippen MR) is 177 cm³/mol. The van der Waals surface area contributed by atoms with Gasteiger partial charge in [0.1, 0.15) is 17.6 Å². The van der Waals surface area contributed by atoms with E-state index in [0.29, 0.717) is 0 Å². The fourth-order valence-corrected chi connectivity index (χ4v) is 6.46. The molecule has 4 N–H and O–H groups in total. The molecule has 2 heterocycles. The van der Waals surface area contributed by atoms with Gasteiger partial charge in [-0.2, -0.15) is 0 Å². The number of quaternary nitrogens is 1. The number of azide groups is 1. The van der Waals surface area contributed by atoms with Gasteiger partial charge in [-0.25, -0.2) is 14.2 Å². The molecule has 0 radical (unpaired) electrons. The van der Waals surface area contributed by atoms with E-state index in [1.807, 2.05) is 0 Å². The van der Waals surface area contributed by atoms with Crippen molar-refractivity contribution in [3.63, 3.8) is 0 Å². The van der Waals surface area contributed by atoms with E-state index in [2.05, 4.69) is 20.7 Å². The first-order valence-corrected chi connectivity index (χ1v) is 17.7. The second kappa shape index (κ2) is 17.7. The van der Waals surface area contributed by atoms with Crippen LogP contribution in [0.5, 0.6) is 5.75 Å². The first kappa shape index (κ1) is 42.0. The molecule has 0 aliphatic carbocycles. The Morgan fingerprint density at radius 3 is 2.43 bits per heavy atom. The zero-order valence-electron chi connectivity index (χ0n) is 28.5. The van der Waals surface area contributed by atoms with Crippen LogP contribution in [0.2, 0.25) is 0 Å². The third-order valence-electron chi connectivity index (χ3n) is 6.80. The van der Waals surface area contributed by atoms with Crippen molar-refractivity contribution in [1.29, 1.82) is 0 Å². The van der Waals surface area contributed by atoms with Crippen LogP contribution in [0.4, 0.5) is 0 Å². The second-order valence-electron chi connectivity index (χ2n) is 13.2. The quantitative estimate of drug-likeness (QED) is 0.0687. The highest BCUT2D eigenvalue weighted by molar-refractivity contribution is 8.13. The van der Waals surface area contributed by atoms with Crippen molar-refractivity contribution in [2.75, 3.05) is 19.0 Å². The van der Waals surface area contributed by atoms with Gasteiger partial charge in [0.25, 0.3) is 5.56 Å². The smallest absolute Gasteiger partial charge is 0.530 e. The number of aromatic nitrogens is 2. The van der Waals surface area contributed by atoms with Crippen LogP contribution in [0.1, 0.15) is 65.3 Å². The highest BCUT2D eigenvalue weighted by Crippen LogP contribution is 2.50. The molecule has 0 amide bonds. The average molecular weight is 747 g/mol. The van der Waals surface area contributed by atoms with Crippen LogP contribution in [0.25, 0.3) is 10.4 Å². The van der Waals surface area contributed by atoms with Gasteiger partial charge >= 0.3 is 19.5 Å². The average Bonchev–Trinajstić information content (AvgIpc) is 3.38. The summed E-state index contributed by atoms with van der Waals surface area (Å²) in [4.78, 5) is 54.1. The maximum Gasteiger partial charge on any atom is 0.530 e. The third-order valence-corrected chi connectivity index (χ3v) is 9.44. The fourth-order valence-electron chi connectivity index (χ4n) is 4.35. The lowest BCUT2D eigenvalue weighted by molar-refractivity contribution is -0.409. The second-order valence-corrected chi connectivity index (χ2v) is 15.9. The van der Waals surface area contributed by atoms with Crippen LogP contribution in [-0.2, 0) is 39.1 Å². The summed E-state index contributed by atoms with van der Waals surface area (Å²) in [6.45, 7) is 11.6. The van der Waals surface area contributed by atoms with Crippen molar-refractivity contribution in [3.8, 4) is 5.75 Å². The van der Waals surface area contributed by atoms with Crippen LogP contribution in [0, 0.1) is 12.3 Å². The Bertz CT molecular complexity index is 1670. The van der Waals surface area contributed by atoms with Gasteiger partial charge in [0.05, 0.1) is 25.4 Å². The van der Waals surface area contributed by atoms with E-state index in [-0.39, 0.29) is 54.0 Å². The van der Waals surface area contributed by atoms with Gasteiger partial charge in [0.15, 0.2) is 11.2 Å². The predicted octanol–water partition coefficient (Wildman–Crippen LogP) is 0.836. The Morgan fingerprint density at radius 2 is 1.84 bits per heavy atom. The molecule has 1 aromatic heterocycles. The summed E-state index contributed by atoms with van der Waals surface area (Å²) in [6.07, 6.45) is -0.185. The molecule has 0 bridgehead atoms. The molecule has 16 nitrogen and oxygen atoms in total. The lowest BCUT2D eigenvalue weighted by atomic mass is 10.00. The molecule has 272 valence electrons. The summed E-state index contributed by atoms with van der Waals surface area (Å²) in [7, 11) is -4.38. The van der Waals surface area contributed by atoms with Crippen LogP contribution >= 0.6 is 19.6 Å². The number of thioether (sulfide) groups is 1. The van der Waals surface area contributed by atoms with Gasteiger partial charge in [-0.1, -0.05) is 49.8 Å². The first-order chi connectivity index (χ1) is 22.3. The van der Waals surface area contributed by atoms with Crippen molar-refractivity contribution in [2.45, 2.75) is 91.3 Å². The topological polar surface area (TPSA) is 229 Å². The number of hydrogen-bond donors (Lipinski definition) is 2. The summed E-state index contributed by atoms with van der Waals surface area (Å²) in [6, 6.07) is 4.93. The number of H-pyrrole nitrogens is 1. The molecular weight excluding hydrogens is 703 g/mol. The van der Waals surface area contributed by atoms with E-state index < -0.39 is 67.1 Å². The lowest BCUT2D eigenvalue weighted by Crippen LogP contribution is -3.00. The number of phosphoric acid groups is 1. The zero-order chi connectivity index (χ0) is 35.9. The Morgan fingerprint density at radius 1 is 1.18 bits per heavy atom. The molecule has 1 unspecified atom stereocenters. The summed E-state index contributed by atoms with van der Waals surface area (Å²) in [5.74, 6) is -0.141. The minimum atomic E-state index is -4.38. The van der Waals surface area contributed by atoms with E-state index in [1.54, 1.807) is 53.7 Å². The number of hydrogen-bond acceptors (Lipinski definition) is 12. The normalized spacial score (nSPS) is 19.6. The number of benzene rings is 1. The number of phosphoric ester groups is 1. The van der Waals surface area contributed by atoms with Gasteiger partial charge in [0, 0.05) is 40.7 Å². The largest absolute Gasteiger partial charge is 1.00 e. The number of carbonyl (C=O) groups excluding carboxylic acids is 2. The maximum atomic E-state index is 13.9. The van der Waals surface area contributed by atoms with Crippen molar-refractivity contribution in [3.05, 3.63) is 72.9 Å². The molecule has 1 aliphatic heterocycles. The summed E-state index contributed by atoms with van der Waals surface area (Å²) in [5.41, 5.74) is 11.6. The van der Waals surface area contributed by atoms with Crippen LogP contribution in [0.15, 0.2) is 45.2 Å². The molecule has 1 saturated heterocycles. The van der Waals surface area contributed by atoms with Gasteiger partial charge in [-0.15, -0.1) is 0 Å². The number of rotatable bonds is 14. The van der Waals surface area contributed by atoms with Crippen molar-refractivity contribution in [1.82, 2.24) is 9.55 Å². The van der Waals surface area contributed by atoms with E-state index in [0.717, 1.165) is 17.3 Å². The summed E-state index contributed by atoms with van der Waals surface area (Å²) < 4.78 is 43.5. The molecule has 3 rings (SSSR count). The highest BCUT2D eigenvalue weighted by Gasteiger charge is 2.40. The molecular formula is C30H44ClN6O10PS. The van der Waals surface area contributed by atoms with E-state index in [9.17, 15) is 23.7 Å². The molecule has 5 atom stereocenters. The number of aryl methyl sites for hydroxylation is 1. The number of ether oxygens (including phenoxy) is 2. The monoisotopic (exact) mass is 746 g/mol. The molecule has 1 aromatic carbocycles. The Kier molecular flexibility index (Phi) is 15.2. The maximum absolute atomic E-state index is 13.9. The van der Waals surface area contributed by atoms with Crippen LogP contribution < -0.4 is 33.9 Å². The molecule has 2 aromatic rings. The fraction of sp³-hybridized carbons (Fsp3) is 0.600. The third kappa shape index (κ3) is 12.9. The Hall–Kier alpha value is -3.14. The Labute approximate surface area is 294 Å². The van der Waals surface area contributed by atoms with Crippen molar-refractivity contribution >= 4 is 30.7 Å². The number of nitrogens with one attached hydrogen (secondary N) is 1. The van der Waals surface area contributed by atoms with E-state index in [1.165, 1.54) is 29.8 Å². The molecule has 0 spiro atoms. The lowest BCUT2D eigenvalue weighted by Gasteiger charge is -2.22. The standard InChI is InChI=1S/C30H43N6O10PS.ClH/c1-18-16-36(28(40)33-25(18)37)24-15-22(34-35-32)23(44-24)17-43-47(41,42-12-13-48-27(39)29(2,3)4)46-20-10-8-19(9-11-20)14-21(31)26(38)45-30(5,6)7;/h8-11,16,21-24H,12-15,17,31H2,1-7H3,(H,33,37,40);1H/t21-,22-,23+,24+,47?;/m0./s1.